The van der Waals surface area contributed by atoms with Gasteiger partial charge in [-0.2, -0.15) is 13.2 Å². The van der Waals surface area contributed by atoms with Crippen molar-refractivity contribution < 1.29 is 22.8 Å². The molecule has 0 aliphatic heterocycles. The molecular weight excluding hydrogens is 365 g/mol. The molecule has 2 aromatic heterocycles. The normalized spacial score (nSPS) is 11.4. The maximum Gasteiger partial charge on any atom is 0.421 e. The summed E-state index contributed by atoms with van der Waals surface area (Å²) in [4.78, 5) is 38.7. The van der Waals surface area contributed by atoms with Crippen molar-refractivity contribution in [3.05, 3.63) is 70.3 Å². The number of H-pyrrole nitrogens is 1. The molecule has 0 aliphatic carbocycles. The zero-order chi connectivity index (χ0) is 19.6. The van der Waals surface area contributed by atoms with Gasteiger partial charge < -0.3 is 9.55 Å². The average Bonchev–Trinajstić information content (AvgIpc) is 3.04. The van der Waals surface area contributed by atoms with Gasteiger partial charge in [0.15, 0.2) is 0 Å². The number of halogens is 3. The smallest absolute Gasteiger partial charge is 0.360 e. The minimum atomic E-state index is -4.82. The highest BCUT2D eigenvalue weighted by Gasteiger charge is 2.34. The number of amides is 2. The Hall–Kier alpha value is -3.56. The van der Waals surface area contributed by atoms with Crippen molar-refractivity contribution in [3.8, 4) is 0 Å². The second kappa shape index (κ2) is 6.98. The molecule has 2 amide bonds. The highest BCUT2D eigenvalue weighted by molar-refractivity contribution is 6.07. The largest absolute Gasteiger partial charge is 0.421 e. The minimum Gasteiger partial charge on any atom is -0.360 e. The third-order valence-corrected chi connectivity index (χ3v) is 3.79. The molecule has 3 N–H and O–H groups in total. The van der Waals surface area contributed by atoms with Crippen LogP contribution < -0.4 is 16.4 Å². The number of alkyl halides is 3. The maximum atomic E-state index is 12.7. The van der Waals surface area contributed by atoms with Crippen LogP contribution in [-0.4, -0.2) is 21.4 Å². The number of nitrogens with one attached hydrogen (secondary N) is 3. The Kier molecular flexibility index (Phi) is 4.72. The molecule has 3 aromatic rings. The summed E-state index contributed by atoms with van der Waals surface area (Å²) in [5.41, 5.74) is 2.53. The number of rotatable bonds is 3. The predicted octanol–water partition coefficient (Wildman–Crippen LogP) is 1.81. The number of aromatic nitrogens is 2. The summed E-state index contributed by atoms with van der Waals surface area (Å²) in [6, 6.07) is 8.66. The van der Waals surface area contributed by atoms with Gasteiger partial charge in [0, 0.05) is 23.3 Å². The molecule has 3 rings (SSSR count). The topological polar surface area (TPSA) is 96.0 Å². The van der Waals surface area contributed by atoms with Gasteiger partial charge in [-0.1, -0.05) is 18.2 Å². The second-order valence-corrected chi connectivity index (χ2v) is 5.60. The summed E-state index contributed by atoms with van der Waals surface area (Å²) in [7, 11) is 0. The van der Waals surface area contributed by atoms with Crippen molar-refractivity contribution in [3.63, 3.8) is 0 Å². The summed E-state index contributed by atoms with van der Waals surface area (Å²) in [6.07, 6.45) is -2.30. The second-order valence-electron chi connectivity index (χ2n) is 5.60. The van der Waals surface area contributed by atoms with Crippen molar-refractivity contribution >= 4 is 22.7 Å². The van der Waals surface area contributed by atoms with Crippen molar-refractivity contribution in [1.29, 1.82) is 0 Å². The van der Waals surface area contributed by atoms with Gasteiger partial charge in [0.2, 0.25) is 0 Å². The summed E-state index contributed by atoms with van der Waals surface area (Å²) in [5, 5.41) is 0.637. The lowest BCUT2D eigenvalue weighted by Crippen LogP contribution is -2.44. The van der Waals surface area contributed by atoms with Crippen LogP contribution >= 0.6 is 0 Å². The number of fused-ring (bicyclic) bond motifs is 1. The summed E-state index contributed by atoms with van der Waals surface area (Å²) in [6.45, 7) is -0.684. The predicted molar refractivity (Wildman–Crippen MR) is 89.6 cm³/mol. The first-order valence-electron chi connectivity index (χ1n) is 7.69. The quantitative estimate of drug-likeness (QED) is 0.607. The number of hydrogen-bond acceptors (Lipinski definition) is 3. The van der Waals surface area contributed by atoms with E-state index in [0.717, 1.165) is 17.8 Å². The fourth-order valence-corrected chi connectivity index (χ4v) is 2.52. The molecule has 0 unspecified atom stereocenters. The van der Waals surface area contributed by atoms with Gasteiger partial charge in [-0.25, -0.2) is 0 Å². The molecule has 0 radical (unpaired) electrons. The molecule has 10 heteroatoms. The molecular formula is C17H13F3N4O3. The number of hydrogen-bond donors (Lipinski definition) is 3. The molecule has 140 valence electrons. The molecule has 1 aromatic carbocycles. The zero-order valence-electron chi connectivity index (χ0n) is 13.6. The Balaban J connectivity index is 1.67. The number of pyridine rings is 1. The number of para-hydroxylation sites is 1. The molecule has 0 atom stereocenters. The lowest BCUT2D eigenvalue weighted by Gasteiger charge is -2.11. The Morgan fingerprint density at radius 1 is 1.07 bits per heavy atom. The average molecular weight is 378 g/mol. The van der Waals surface area contributed by atoms with E-state index in [-0.39, 0.29) is 5.56 Å². The van der Waals surface area contributed by atoms with Gasteiger partial charge >= 0.3 is 6.18 Å². The van der Waals surface area contributed by atoms with Gasteiger partial charge in [0.25, 0.3) is 17.4 Å². The molecule has 0 aliphatic rings. The van der Waals surface area contributed by atoms with E-state index in [1.165, 1.54) is 6.20 Å². The van der Waals surface area contributed by atoms with E-state index < -0.39 is 35.7 Å². The van der Waals surface area contributed by atoms with Gasteiger partial charge in [-0.3, -0.25) is 25.2 Å². The van der Waals surface area contributed by atoms with Gasteiger partial charge in [-0.15, -0.1) is 0 Å². The number of aromatic amines is 1. The van der Waals surface area contributed by atoms with Crippen LogP contribution in [0, 0.1) is 0 Å². The third-order valence-electron chi connectivity index (χ3n) is 3.79. The molecule has 27 heavy (non-hydrogen) atoms. The molecule has 0 bridgehead atoms. The molecule has 0 saturated heterocycles. The van der Waals surface area contributed by atoms with Crippen LogP contribution in [0.15, 0.2) is 53.6 Å². The van der Waals surface area contributed by atoms with E-state index in [1.807, 2.05) is 0 Å². The van der Waals surface area contributed by atoms with E-state index in [0.29, 0.717) is 16.0 Å². The van der Waals surface area contributed by atoms with Crippen LogP contribution in [0.5, 0.6) is 0 Å². The van der Waals surface area contributed by atoms with Crippen molar-refractivity contribution in [2.24, 2.45) is 0 Å². The Bertz CT molecular complexity index is 1070. The number of carbonyl (C=O) groups excluding carboxylic acids is 2. The van der Waals surface area contributed by atoms with Crippen molar-refractivity contribution in [2.75, 3.05) is 0 Å². The maximum absolute atomic E-state index is 12.7. The first-order valence-corrected chi connectivity index (χ1v) is 7.69. The molecule has 0 saturated carbocycles. The highest BCUT2D eigenvalue weighted by Crippen LogP contribution is 2.25. The number of nitrogens with zero attached hydrogens (tertiary/aromatic N) is 1. The number of hydrazine groups is 1. The van der Waals surface area contributed by atoms with E-state index in [2.05, 4.69) is 15.8 Å². The van der Waals surface area contributed by atoms with E-state index in [1.54, 1.807) is 24.3 Å². The van der Waals surface area contributed by atoms with Crippen LogP contribution in [0.2, 0.25) is 0 Å². The number of benzene rings is 1. The fourth-order valence-electron chi connectivity index (χ4n) is 2.52. The summed E-state index contributed by atoms with van der Waals surface area (Å²) < 4.78 is 38.8. The van der Waals surface area contributed by atoms with Crippen LogP contribution in [0.1, 0.15) is 15.9 Å². The van der Waals surface area contributed by atoms with Gasteiger partial charge in [0.05, 0.1) is 5.56 Å². The Labute approximate surface area is 149 Å². The van der Waals surface area contributed by atoms with Crippen molar-refractivity contribution in [2.45, 2.75) is 12.7 Å². The van der Waals surface area contributed by atoms with E-state index >= 15 is 0 Å². The fraction of sp³-hybridized carbons (Fsp3) is 0.118. The van der Waals surface area contributed by atoms with Crippen molar-refractivity contribution in [1.82, 2.24) is 20.4 Å². The van der Waals surface area contributed by atoms with Crippen LogP contribution in [0.3, 0.4) is 0 Å². The van der Waals surface area contributed by atoms with Gasteiger partial charge in [0.1, 0.15) is 12.1 Å². The number of carbonyl (C=O) groups is 2. The summed E-state index contributed by atoms with van der Waals surface area (Å²) in [5.74, 6) is -1.47. The molecule has 0 fully saturated rings. The monoisotopic (exact) mass is 378 g/mol. The van der Waals surface area contributed by atoms with Crippen LogP contribution in [0.4, 0.5) is 13.2 Å². The SMILES string of the molecule is O=C(Cn1cccc(C(F)(F)F)c1=O)NNC(=O)c1c[nH]c2ccccc12. The zero-order valence-corrected chi connectivity index (χ0v) is 13.6. The third kappa shape index (κ3) is 3.84. The minimum absolute atomic E-state index is 0.280. The Morgan fingerprint density at radius 3 is 2.56 bits per heavy atom. The Morgan fingerprint density at radius 2 is 1.81 bits per heavy atom. The van der Waals surface area contributed by atoms with E-state index in [4.69, 9.17) is 0 Å². The van der Waals surface area contributed by atoms with Gasteiger partial charge in [-0.05, 0) is 18.2 Å². The molecule has 0 spiro atoms. The summed E-state index contributed by atoms with van der Waals surface area (Å²) >= 11 is 0. The highest BCUT2D eigenvalue weighted by atomic mass is 19.4. The van der Waals surface area contributed by atoms with E-state index in [9.17, 15) is 27.6 Å². The first-order chi connectivity index (χ1) is 12.8. The lowest BCUT2D eigenvalue weighted by molar-refractivity contribution is -0.139. The molecule has 7 nitrogen and oxygen atoms in total. The first kappa shape index (κ1) is 18.2. The van der Waals surface area contributed by atoms with Crippen LogP contribution in [-0.2, 0) is 17.5 Å². The lowest BCUT2D eigenvalue weighted by atomic mass is 10.2. The molecule has 2 heterocycles. The van der Waals surface area contributed by atoms with Crippen LogP contribution in [0.25, 0.3) is 10.9 Å². The standard InChI is InChI=1S/C17H13F3N4O3/c18-17(19,20)12-5-3-7-24(16(12)27)9-14(25)22-23-15(26)11-8-21-13-6-2-1-4-10(11)13/h1-8,21H,9H2,(H,22,25)(H,23,26).